The highest BCUT2D eigenvalue weighted by Crippen LogP contribution is 2.31. The molecule has 1 amide bonds. The average molecular weight is 456 g/mol. The van der Waals surface area contributed by atoms with Gasteiger partial charge in [0, 0.05) is 24.6 Å². The van der Waals surface area contributed by atoms with Gasteiger partial charge in [0.05, 0.1) is 6.04 Å². The monoisotopic (exact) mass is 456 g/mol. The molecule has 0 saturated carbocycles. The van der Waals surface area contributed by atoms with Crippen molar-refractivity contribution in [3.63, 3.8) is 0 Å². The van der Waals surface area contributed by atoms with Crippen molar-refractivity contribution < 1.29 is 36.6 Å². The summed E-state index contributed by atoms with van der Waals surface area (Å²) in [5.41, 5.74) is 7.53. The Labute approximate surface area is 180 Å². The van der Waals surface area contributed by atoms with Gasteiger partial charge in [0.1, 0.15) is 11.6 Å². The summed E-state index contributed by atoms with van der Waals surface area (Å²) in [6.07, 6.45) is -3.17. The molecular weight excluding hydrogens is 435 g/mol. The summed E-state index contributed by atoms with van der Waals surface area (Å²) >= 11 is 0. The number of halogens is 5. The molecule has 2 atom stereocenters. The second-order valence-electron chi connectivity index (χ2n) is 7.14. The van der Waals surface area contributed by atoms with E-state index in [0.29, 0.717) is 12.1 Å². The molecule has 10 heteroatoms. The maximum absolute atomic E-state index is 14.2. The summed E-state index contributed by atoms with van der Waals surface area (Å²) in [5.74, 6) is -4.08. The second kappa shape index (κ2) is 10.4. The number of carboxylic acid groups (broad SMARTS) is 1. The molecule has 0 bridgehead atoms. The van der Waals surface area contributed by atoms with Crippen LogP contribution in [0, 0.1) is 11.6 Å². The van der Waals surface area contributed by atoms with Gasteiger partial charge >= 0.3 is 12.1 Å². The molecule has 2 aromatic rings. The fraction of sp³-hybridized carbons (Fsp3) is 0.273. The van der Waals surface area contributed by atoms with E-state index >= 15 is 0 Å². The average Bonchev–Trinajstić information content (AvgIpc) is 2.75. The highest BCUT2D eigenvalue weighted by Gasteiger charge is 2.38. The van der Waals surface area contributed by atoms with E-state index in [1.54, 1.807) is 11.8 Å². The van der Waals surface area contributed by atoms with Crippen molar-refractivity contribution in [2.24, 2.45) is 5.73 Å². The molecule has 1 aliphatic heterocycles. The third-order valence-corrected chi connectivity index (χ3v) is 4.63. The molecule has 3 N–H and O–H groups in total. The lowest BCUT2D eigenvalue weighted by Gasteiger charge is -2.34. The Hall–Kier alpha value is -3.27. The maximum atomic E-state index is 14.2. The predicted octanol–water partition coefficient (Wildman–Crippen LogP) is 3.95. The number of carbonyl (C=O) groups is 2. The lowest BCUT2D eigenvalue weighted by Crippen LogP contribution is -2.46. The summed E-state index contributed by atoms with van der Waals surface area (Å²) in [6.45, 7) is 2.30. The first-order chi connectivity index (χ1) is 14.9. The van der Waals surface area contributed by atoms with Gasteiger partial charge < -0.3 is 15.7 Å². The van der Waals surface area contributed by atoms with Crippen LogP contribution in [-0.4, -0.2) is 47.2 Å². The number of hydrogen-bond donors (Lipinski definition) is 2. The molecule has 0 aromatic heterocycles. The Kier molecular flexibility index (Phi) is 8.09. The minimum absolute atomic E-state index is 0.102. The van der Waals surface area contributed by atoms with E-state index in [2.05, 4.69) is 0 Å². The molecule has 32 heavy (non-hydrogen) atoms. The third-order valence-electron chi connectivity index (χ3n) is 4.63. The van der Waals surface area contributed by atoms with E-state index in [0.717, 1.165) is 17.7 Å². The van der Waals surface area contributed by atoms with Crippen LogP contribution in [0.3, 0.4) is 0 Å². The normalized spacial score (nSPS) is 17.0. The van der Waals surface area contributed by atoms with Crippen molar-refractivity contribution >= 4 is 17.4 Å². The number of aliphatic carboxylic acids is 1. The van der Waals surface area contributed by atoms with Gasteiger partial charge in [-0.05, 0) is 36.3 Å². The zero-order valence-corrected chi connectivity index (χ0v) is 16.9. The molecule has 172 valence electrons. The van der Waals surface area contributed by atoms with Gasteiger partial charge in [0.15, 0.2) is 0 Å². The molecule has 0 radical (unpaired) electrons. The van der Waals surface area contributed by atoms with Gasteiger partial charge in [0.25, 0.3) is 0 Å². The number of alkyl halides is 3. The van der Waals surface area contributed by atoms with Gasteiger partial charge in [-0.2, -0.15) is 13.2 Å². The van der Waals surface area contributed by atoms with Gasteiger partial charge in [-0.1, -0.05) is 36.4 Å². The van der Waals surface area contributed by atoms with E-state index in [1.165, 1.54) is 6.07 Å². The van der Waals surface area contributed by atoms with Crippen molar-refractivity contribution in [2.45, 2.75) is 25.1 Å². The van der Waals surface area contributed by atoms with Gasteiger partial charge in [-0.25, -0.2) is 13.6 Å². The van der Waals surface area contributed by atoms with Crippen LogP contribution < -0.4 is 5.73 Å². The van der Waals surface area contributed by atoms with Crippen LogP contribution in [0.5, 0.6) is 0 Å². The van der Waals surface area contributed by atoms with Crippen molar-refractivity contribution in [2.75, 3.05) is 13.1 Å². The second-order valence-corrected chi connectivity index (χ2v) is 7.14. The van der Waals surface area contributed by atoms with E-state index in [9.17, 15) is 26.7 Å². The van der Waals surface area contributed by atoms with Crippen molar-refractivity contribution in [1.29, 1.82) is 0 Å². The molecule has 5 nitrogen and oxygen atoms in total. The van der Waals surface area contributed by atoms with E-state index in [-0.39, 0.29) is 23.9 Å². The molecule has 0 saturated heterocycles. The number of benzene rings is 2. The summed E-state index contributed by atoms with van der Waals surface area (Å²) in [6, 6.07) is 12.4. The van der Waals surface area contributed by atoms with E-state index < -0.39 is 29.8 Å². The van der Waals surface area contributed by atoms with E-state index in [1.807, 2.05) is 36.4 Å². The van der Waals surface area contributed by atoms with Gasteiger partial charge in [0.2, 0.25) is 5.91 Å². The van der Waals surface area contributed by atoms with Crippen molar-refractivity contribution in [1.82, 2.24) is 4.90 Å². The number of amides is 1. The van der Waals surface area contributed by atoms with Crippen LogP contribution in [0.25, 0.3) is 5.57 Å². The number of carbonyl (C=O) groups excluding carboxylic acids is 1. The van der Waals surface area contributed by atoms with Crippen LogP contribution in [-0.2, 0) is 9.59 Å². The Bertz CT molecular complexity index is 991. The molecule has 0 spiro atoms. The van der Waals surface area contributed by atoms with E-state index in [4.69, 9.17) is 15.6 Å². The molecule has 0 aliphatic carbocycles. The number of nitrogens with two attached hydrogens (primary N) is 1. The van der Waals surface area contributed by atoms with Crippen LogP contribution in [0.1, 0.15) is 24.0 Å². The fourth-order valence-corrected chi connectivity index (χ4v) is 3.13. The first-order valence-electron chi connectivity index (χ1n) is 9.45. The lowest BCUT2D eigenvalue weighted by atomic mass is 9.89. The summed E-state index contributed by atoms with van der Waals surface area (Å²) < 4.78 is 59.6. The zero-order chi connectivity index (χ0) is 24.1. The Morgan fingerprint density at radius 2 is 1.72 bits per heavy atom. The standard InChI is InChI=1S/C20H20F2N2O.C2HF3O2/c1-13(23)20(25)24-11-15(14-5-3-2-4-6-14)9-16(12-24)18-10-17(21)7-8-19(18)22;3-2(4,5)1(6)7/h2-10,13,15H,11-12,23H2,1H3;(H,6,7). The molecule has 0 fully saturated rings. The van der Waals surface area contributed by atoms with Crippen molar-refractivity contribution in [3.8, 4) is 0 Å². The number of carboxylic acids is 1. The number of nitrogens with zero attached hydrogens (tertiary/aromatic N) is 1. The predicted molar refractivity (Wildman–Crippen MR) is 107 cm³/mol. The Morgan fingerprint density at radius 1 is 1.12 bits per heavy atom. The minimum Gasteiger partial charge on any atom is -0.475 e. The molecule has 3 rings (SSSR count). The summed E-state index contributed by atoms with van der Waals surface area (Å²) in [4.78, 5) is 22.9. The Balaban J connectivity index is 0.000000451. The van der Waals surface area contributed by atoms with Crippen LogP contribution in [0.4, 0.5) is 22.0 Å². The SMILES string of the molecule is CC(N)C(=O)N1CC(c2cc(F)ccc2F)=CC(c2ccccc2)C1.O=C(O)C(F)(F)F. The van der Waals surface area contributed by atoms with Crippen molar-refractivity contribution in [3.05, 3.63) is 77.4 Å². The molecule has 1 aliphatic rings. The zero-order valence-electron chi connectivity index (χ0n) is 16.9. The molecule has 2 aromatic carbocycles. The lowest BCUT2D eigenvalue weighted by molar-refractivity contribution is -0.192. The maximum Gasteiger partial charge on any atom is 0.490 e. The highest BCUT2D eigenvalue weighted by atomic mass is 19.4. The van der Waals surface area contributed by atoms with Crippen LogP contribution in [0.2, 0.25) is 0 Å². The van der Waals surface area contributed by atoms with Crippen LogP contribution >= 0.6 is 0 Å². The third kappa shape index (κ3) is 6.61. The Morgan fingerprint density at radius 3 is 2.25 bits per heavy atom. The first kappa shape index (κ1) is 25.0. The smallest absolute Gasteiger partial charge is 0.475 e. The fourth-order valence-electron chi connectivity index (χ4n) is 3.13. The quantitative estimate of drug-likeness (QED) is 0.685. The summed E-state index contributed by atoms with van der Waals surface area (Å²) in [7, 11) is 0. The topological polar surface area (TPSA) is 83.6 Å². The minimum atomic E-state index is -5.08. The molecular formula is C22H21F5N2O3. The number of hydrogen-bond acceptors (Lipinski definition) is 3. The van der Waals surface area contributed by atoms with Gasteiger partial charge in [-0.3, -0.25) is 4.79 Å². The first-order valence-corrected chi connectivity index (χ1v) is 9.45. The van der Waals surface area contributed by atoms with Crippen LogP contribution in [0.15, 0.2) is 54.6 Å². The highest BCUT2D eigenvalue weighted by molar-refractivity contribution is 5.84. The largest absolute Gasteiger partial charge is 0.490 e. The number of rotatable bonds is 3. The molecule has 2 unspecified atom stereocenters. The molecule has 1 heterocycles. The summed E-state index contributed by atoms with van der Waals surface area (Å²) in [5, 5.41) is 7.12. The van der Waals surface area contributed by atoms with Gasteiger partial charge in [-0.15, -0.1) is 0 Å².